The summed E-state index contributed by atoms with van der Waals surface area (Å²) in [4.78, 5) is 4.89. The van der Waals surface area contributed by atoms with E-state index in [4.69, 9.17) is 14.0 Å². The van der Waals surface area contributed by atoms with E-state index in [1.165, 1.54) is 43.0 Å². The molecule has 0 fully saturated rings. The molecule has 2 heterocycles. The molecule has 10 heteroatoms. The molecule has 2 aromatic carbocycles. The van der Waals surface area contributed by atoms with Crippen LogP contribution in [-0.2, 0) is 10.0 Å². The zero-order valence-electron chi connectivity index (χ0n) is 17.9. The summed E-state index contributed by atoms with van der Waals surface area (Å²) in [7, 11) is 0.575. The highest BCUT2D eigenvalue weighted by Crippen LogP contribution is 2.37. The minimum absolute atomic E-state index is 0.0826. The van der Waals surface area contributed by atoms with Crippen LogP contribution < -0.4 is 13.8 Å². The Morgan fingerprint density at radius 2 is 1.81 bits per heavy atom. The monoisotopic (exact) mass is 471 g/mol. The van der Waals surface area contributed by atoms with Crippen LogP contribution in [0.15, 0.2) is 63.3 Å². The summed E-state index contributed by atoms with van der Waals surface area (Å²) in [6, 6.07) is 14.1. The molecule has 0 aliphatic rings. The number of anilines is 1. The van der Waals surface area contributed by atoms with Crippen molar-refractivity contribution < 1.29 is 22.4 Å². The molecule has 0 amide bonds. The summed E-state index contributed by atoms with van der Waals surface area (Å²) < 4.78 is 44.0. The Kier molecular flexibility index (Phi) is 5.90. The van der Waals surface area contributed by atoms with Crippen molar-refractivity contribution in [1.29, 1.82) is 0 Å². The van der Waals surface area contributed by atoms with Crippen molar-refractivity contribution in [2.24, 2.45) is 0 Å². The number of hydrogen-bond donors (Lipinski definition) is 0. The van der Waals surface area contributed by atoms with Gasteiger partial charge in [0.2, 0.25) is 5.82 Å². The van der Waals surface area contributed by atoms with E-state index in [0.29, 0.717) is 27.9 Å². The molecule has 0 N–H and O–H groups in total. The predicted molar refractivity (Wildman–Crippen MR) is 123 cm³/mol. The number of aromatic nitrogens is 2. The van der Waals surface area contributed by atoms with Gasteiger partial charge in [0.1, 0.15) is 9.77 Å². The van der Waals surface area contributed by atoms with Crippen LogP contribution in [0.1, 0.15) is 5.56 Å². The predicted octanol–water partition coefficient (Wildman–Crippen LogP) is 4.62. The van der Waals surface area contributed by atoms with Crippen LogP contribution in [0.3, 0.4) is 0 Å². The number of sulfonamides is 1. The largest absolute Gasteiger partial charge is 0.493 e. The lowest BCUT2D eigenvalue weighted by atomic mass is 10.1. The molecule has 32 heavy (non-hydrogen) atoms. The van der Waals surface area contributed by atoms with Crippen LogP contribution in [-0.4, -0.2) is 39.8 Å². The van der Waals surface area contributed by atoms with Gasteiger partial charge in [-0.1, -0.05) is 28.9 Å². The highest BCUT2D eigenvalue weighted by molar-refractivity contribution is 7.93. The molecule has 0 saturated carbocycles. The fourth-order valence-corrected chi connectivity index (χ4v) is 5.68. The maximum Gasteiger partial charge on any atom is 0.269 e. The zero-order chi connectivity index (χ0) is 22.9. The van der Waals surface area contributed by atoms with Crippen molar-refractivity contribution in [3.8, 4) is 33.7 Å². The fraction of sp³-hybridized carbons (Fsp3) is 0.182. The third kappa shape index (κ3) is 3.94. The fourth-order valence-electron chi connectivity index (χ4n) is 3.18. The summed E-state index contributed by atoms with van der Waals surface area (Å²) in [5.41, 5.74) is 2.28. The first-order chi connectivity index (χ1) is 15.3. The Labute approximate surface area is 190 Å². The Morgan fingerprint density at radius 3 is 2.53 bits per heavy atom. The lowest BCUT2D eigenvalue weighted by Crippen LogP contribution is -2.26. The van der Waals surface area contributed by atoms with Gasteiger partial charge in [0.15, 0.2) is 11.5 Å². The maximum atomic E-state index is 13.4. The molecule has 0 aliphatic heterocycles. The second-order valence-corrected chi connectivity index (χ2v) is 9.77. The first kappa shape index (κ1) is 21.8. The molecular formula is C22H21N3O5S2. The van der Waals surface area contributed by atoms with Crippen LogP contribution in [0.25, 0.3) is 22.2 Å². The minimum atomic E-state index is -3.91. The van der Waals surface area contributed by atoms with E-state index < -0.39 is 10.0 Å². The van der Waals surface area contributed by atoms with Gasteiger partial charge in [0.05, 0.1) is 19.9 Å². The Hall–Kier alpha value is -3.37. The van der Waals surface area contributed by atoms with Gasteiger partial charge in [0.25, 0.3) is 15.9 Å². The molecule has 8 nitrogen and oxygen atoms in total. The lowest BCUT2D eigenvalue weighted by Gasteiger charge is -2.20. The highest BCUT2D eigenvalue weighted by atomic mass is 32.2. The zero-order valence-corrected chi connectivity index (χ0v) is 19.5. The summed E-state index contributed by atoms with van der Waals surface area (Å²) in [5, 5.41) is 5.71. The summed E-state index contributed by atoms with van der Waals surface area (Å²) in [6.07, 6.45) is 0. The first-order valence-electron chi connectivity index (χ1n) is 9.54. The average Bonchev–Trinajstić information content (AvgIpc) is 3.48. The molecule has 0 aliphatic carbocycles. The van der Waals surface area contributed by atoms with E-state index in [1.54, 1.807) is 23.6 Å². The van der Waals surface area contributed by atoms with Crippen molar-refractivity contribution in [2.75, 3.05) is 25.6 Å². The molecule has 0 saturated heterocycles. The topological polar surface area (TPSA) is 94.8 Å². The number of aryl methyl sites for hydroxylation is 1. The second-order valence-electron chi connectivity index (χ2n) is 6.92. The van der Waals surface area contributed by atoms with Gasteiger partial charge in [-0.2, -0.15) is 4.98 Å². The molecular weight excluding hydrogens is 450 g/mol. The molecule has 2 aromatic heterocycles. The Morgan fingerprint density at radius 1 is 1.03 bits per heavy atom. The normalized spacial score (nSPS) is 11.4. The van der Waals surface area contributed by atoms with Crippen LogP contribution in [0.4, 0.5) is 5.69 Å². The summed E-state index contributed by atoms with van der Waals surface area (Å²) >= 11 is 1.22. The van der Waals surface area contributed by atoms with Crippen molar-refractivity contribution in [1.82, 2.24) is 10.1 Å². The number of thiophene rings is 1. The molecule has 0 bridgehead atoms. The quantitative estimate of drug-likeness (QED) is 0.388. The van der Waals surface area contributed by atoms with Crippen molar-refractivity contribution in [3.63, 3.8) is 0 Å². The molecule has 166 valence electrons. The number of ether oxygens (including phenoxy) is 2. The number of hydrogen-bond acceptors (Lipinski definition) is 8. The molecule has 4 rings (SSSR count). The van der Waals surface area contributed by atoms with Gasteiger partial charge >= 0.3 is 0 Å². The van der Waals surface area contributed by atoms with Gasteiger partial charge in [-0.25, -0.2) is 8.42 Å². The SMILES string of the molecule is COc1ccc(N(C)S(=O)(=O)c2ccsc2-c2nc(-c3cccc(C)c3)no2)cc1OC. The Balaban J connectivity index is 1.70. The van der Waals surface area contributed by atoms with Gasteiger partial charge < -0.3 is 14.0 Å². The van der Waals surface area contributed by atoms with Crippen molar-refractivity contribution >= 4 is 27.0 Å². The summed E-state index contributed by atoms with van der Waals surface area (Å²) in [5.74, 6) is 1.48. The smallest absolute Gasteiger partial charge is 0.269 e. The number of benzene rings is 2. The van der Waals surface area contributed by atoms with E-state index >= 15 is 0 Å². The van der Waals surface area contributed by atoms with E-state index in [9.17, 15) is 8.42 Å². The minimum Gasteiger partial charge on any atom is -0.493 e. The van der Waals surface area contributed by atoms with Crippen molar-refractivity contribution in [3.05, 3.63) is 59.5 Å². The molecule has 0 radical (unpaired) electrons. The van der Waals surface area contributed by atoms with E-state index in [0.717, 1.165) is 11.1 Å². The van der Waals surface area contributed by atoms with Gasteiger partial charge in [-0.05, 0) is 36.6 Å². The third-order valence-corrected chi connectivity index (χ3v) is 7.75. The molecule has 0 spiro atoms. The summed E-state index contributed by atoms with van der Waals surface area (Å²) in [6.45, 7) is 1.97. The van der Waals surface area contributed by atoms with Crippen LogP contribution in [0.2, 0.25) is 0 Å². The maximum absolute atomic E-state index is 13.4. The van der Waals surface area contributed by atoms with Crippen LogP contribution in [0, 0.1) is 6.92 Å². The van der Waals surface area contributed by atoms with Gasteiger partial charge in [-0.3, -0.25) is 4.31 Å². The van der Waals surface area contributed by atoms with Crippen LogP contribution in [0.5, 0.6) is 11.5 Å². The standard InChI is InChI=1S/C22H21N3O5S2/c1-14-6-5-7-15(12-14)21-23-22(30-24-21)20-19(10-11-31-20)32(26,27)25(2)16-8-9-17(28-3)18(13-16)29-4/h5-13H,1-4H3. The van der Waals surface area contributed by atoms with Crippen LogP contribution >= 0.6 is 11.3 Å². The lowest BCUT2D eigenvalue weighted by molar-refractivity contribution is 0.355. The molecule has 4 aromatic rings. The highest BCUT2D eigenvalue weighted by Gasteiger charge is 2.29. The number of methoxy groups -OCH3 is 2. The molecule has 0 unspecified atom stereocenters. The van der Waals surface area contributed by atoms with Gasteiger partial charge in [-0.15, -0.1) is 11.3 Å². The third-order valence-electron chi connectivity index (χ3n) is 4.89. The second kappa shape index (κ2) is 8.64. The van der Waals surface area contributed by atoms with E-state index in [1.807, 2.05) is 31.2 Å². The Bertz CT molecular complexity index is 1360. The molecule has 0 atom stereocenters. The number of rotatable bonds is 7. The van der Waals surface area contributed by atoms with E-state index in [-0.39, 0.29) is 10.8 Å². The van der Waals surface area contributed by atoms with Gasteiger partial charge in [0, 0.05) is 18.7 Å². The van der Waals surface area contributed by atoms with E-state index in [2.05, 4.69) is 10.1 Å². The first-order valence-corrected chi connectivity index (χ1v) is 11.9. The van der Waals surface area contributed by atoms with Crippen molar-refractivity contribution in [2.45, 2.75) is 11.8 Å². The number of nitrogens with zero attached hydrogens (tertiary/aromatic N) is 3. The average molecular weight is 472 g/mol.